The van der Waals surface area contributed by atoms with Crippen LogP contribution in [0.15, 0.2) is 91.1 Å². The lowest BCUT2D eigenvalue weighted by Crippen LogP contribution is -2.43. The predicted molar refractivity (Wildman–Crippen MR) is 162 cm³/mol. The summed E-state index contributed by atoms with van der Waals surface area (Å²) in [5.74, 6) is 8.04. The van der Waals surface area contributed by atoms with Crippen molar-refractivity contribution in [3.05, 3.63) is 119 Å². The molecule has 8 nitrogen and oxygen atoms in total. The van der Waals surface area contributed by atoms with E-state index in [1.165, 1.54) is 11.1 Å². The number of aromatic nitrogens is 4. The van der Waals surface area contributed by atoms with Crippen molar-refractivity contribution in [3.63, 3.8) is 0 Å². The lowest BCUT2D eigenvalue weighted by Gasteiger charge is -2.22. The van der Waals surface area contributed by atoms with E-state index in [9.17, 15) is 4.79 Å². The summed E-state index contributed by atoms with van der Waals surface area (Å²) in [7, 11) is 0. The molecule has 1 fully saturated rings. The molecule has 0 bridgehead atoms. The van der Waals surface area contributed by atoms with Gasteiger partial charge in [0, 0.05) is 31.0 Å². The summed E-state index contributed by atoms with van der Waals surface area (Å²) < 4.78 is 3.89. The molecule has 3 heterocycles. The largest absolute Gasteiger partial charge is 0.344 e. The van der Waals surface area contributed by atoms with Crippen molar-refractivity contribution in [3.8, 4) is 0 Å². The van der Waals surface area contributed by atoms with Crippen LogP contribution in [0.4, 0.5) is 0 Å². The summed E-state index contributed by atoms with van der Waals surface area (Å²) in [6, 6.07) is 28.5. The van der Waals surface area contributed by atoms with E-state index in [1.807, 2.05) is 36.5 Å². The minimum Gasteiger partial charge on any atom is -0.344 e. The number of nitrogens with zero attached hydrogens (tertiary/aromatic N) is 4. The summed E-state index contributed by atoms with van der Waals surface area (Å²) in [6.45, 7) is 1.59. The first-order valence-corrected chi connectivity index (χ1v) is 14.5. The van der Waals surface area contributed by atoms with Gasteiger partial charge in [-0.25, -0.2) is 0 Å². The monoisotopic (exact) mass is 547 g/mol. The molecule has 1 saturated heterocycles. The lowest BCUT2D eigenvalue weighted by atomic mass is 10.0. The molecule has 0 unspecified atom stereocenters. The Kier molecular flexibility index (Phi) is 8.09. The minimum atomic E-state index is -0.357. The Morgan fingerprint density at radius 1 is 0.927 bits per heavy atom. The second-order valence-corrected chi connectivity index (χ2v) is 10.8. The summed E-state index contributed by atoms with van der Waals surface area (Å²) in [4.78, 5) is 13.4. The predicted octanol–water partition coefficient (Wildman–Crippen LogP) is 4.13. The maximum absolute atomic E-state index is 13.4. The number of nitrogens with two attached hydrogens (primary N) is 1. The Bertz CT molecular complexity index is 1590. The fraction of sp³-hybridized carbons (Fsp3) is 0.303. The number of carbonyl (C=O) groups is 1. The number of nitrogen functional groups attached to an aromatic ring is 1. The number of rotatable bonds is 11. The smallest absolute Gasteiger partial charge is 0.237 e. The molecule has 2 aromatic heterocycles. The first kappa shape index (κ1) is 26.8. The fourth-order valence-corrected chi connectivity index (χ4v) is 5.87. The molecule has 5 aromatic rings. The van der Waals surface area contributed by atoms with E-state index in [4.69, 9.17) is 16.0 Å². The van der Waals surface area contributed by atoms with Crippen LogP contribution in [0.5, 0.6) is 0 Å². The van der Waals surface area contributed by atoms with Crippen molar-refractivity contribution in [2.75, 3.05) is 12.4 Å². The van der Waals surface area contributed by atoms with Crippen molar-refractivity contribution in [1.29, 1.82) is 0 Å². The van der Waals surface area contributed by atoms with Crippen molar-refractivity contribution in [2.24, 2.45) is 0 Å². The van der Waals surface area contributed by atoms with Crippen molar-refractivity contribution in [1.82, 2.24) is 30.1 Å². The van der Waals surface area contributed by atoms with E-state index >= 15 is 0 Å². The minimum absolute atomic E-state index is 0.00688. The van der Waals surface area contributed by atoms with Crippen LogP contribution in [-0.2, 0) is 37.0 Å². The second-order valence-electron chi connectivity index (χ2n) is 10.8. The van der Waals surface area contributed by atoms with Gasteiger partial charge in [0.25, 0.3) is 0 Å². The van der Waals surface area contributed by atoms with Gasteiger partial charge in [0.2, 0.25) is 5.91 Å². The highest BCUT2D eigenvalue weighted by Crippen LogP contribution is 2.26. The molecule has 1 aliphatic rings. The van der Waals surface area contributed by atoms with Gasteiger partial charge in [-0.05, 0) is 55.0 Å². The molecule has 41 heavy (non-hydrogen) atoms. The molecule has 0 spiro atoms. The Morgan fingerprint density at radius 2 is 1.63 bits per heavy atom. The molecule has 0 aliphatic carbocycles. The average molecular weight is 548 g/mol. The van der Waals surface area contributed by atoms with E-state index in [-0.39, 0.29) is 18.0 Å². The van der Waals surface area contributed by atoms with Crippen LogP contribution < -0.4 is 16.5 Å². The van der Waals surface area contributed by atoms with Crippen molar-refractivity contribution >= 4 is 16.8 Å². The molecule has 210 valence electrons. The number of benzene rings is 3. The maximum atomic E-state index is 13.4. The van der Waals surface area contributed by atoms with Gasteiger partial charge in [0.1, 0.15) is 5.82 Å². The molecular formula is C33H37N7O. The standard InChI is InChI=1S/C33H37N7O/c34-40-23-26(27-14-7-8-16-30(27)40)22-29(36-33(41)28-15-9-20-35-28)32-38-37-31(18-17-24-10-3-1-4-11-24)39(32)21-19-25-12-5-2-6-13-25/h1-8,10-14,16,23,28-29,35H,9,15,17-22,34H2,(H,36,41)/t28-,29+/m0/s1. The first-order valence-electron chi connectivity index (χ1n) is 14.5. The van der Waals surface area contributed by atoms with Gasteiger partial charge in [-0.3, -0.25) is 9.47 Å². The SMILES string of the molecule is Nn1cc(C[C@@H](NC(=O)[C@@H]2CCCN2)c2nnc(CCc3ccccc3)n2CCc2ccccc2)c2ccccc21. The van der Waals surface area contributed by atoms with Gasteiger partial charge < -0.3 is 21.0 Å². The highest BCUT2D eigenvalue weighted by atomic mass is 16.2. The normalized spacial score (nSPS) is 15.8. The van der Waals surface area contributed by atoms with Crippen LogP contribution in [-0.4, -0.2) is 37.9 Å². The van der Waals surface area contributed by atoms with Gasteiger partial charge in [-0.2, -0.15) is 0 Å². The first-order chi connectivity index (χ1) is 20.2. The molecular weight excluding hydrogens is 510 g/mol. The van der Waals surface area contributed by atoms with Crippen LogP contribution in [0.3, 0.4) is 0 Å². The second kappa shape index (κ2) is 12.4. The van der Waals surface area contributed by atoms with Crippen LogP contribution >= 0.6 is 0 Å². The zero-order valence-electron chi connectivity index (χ0n) is 23.2. The highest BCUT2D eigenvalue weighted by molar-refractivity contribution is 5.85. The average Bonchev–Trinajstić information content (AvgIpc) is 3.76. The molecule has 6 rings (SSSR count). The molecule has 4 N–H and O–H groups in total. The quantitative estimate of drug-likeness (QED) is 0.216. The van der Waals surface area contributed by atoms with Crippen molar-refractivity contribution in [2.45, 2.75) is 57.2 Å². The van der Waals surface area contributed by atoms with Crippen LogP contribution in [0.1, 0.15) is 47.2 Å². The number of aryl methyl sites for hydroxylation is 3. The lowest BCUT2D eigenvalue weighted by molar-refractivity contribution is -0.123. The van der Waals surface area contributed by atoms with E-state index in [1.54, 1.807) is 4.68 Å². The van der Waals surface area contributed by atoms with Gasteiger partial charge >= 0.3 is 0 Å². The third kappa shape index (κ3) is 6.18. The number of amides is 1. The zero-order valence-corrected chi connectivity index (χ0v) is 23.2. The number of hydrogen-bond donors (Lipinski definition) is 3. The molecule has 8 heteroatoms. The van der Waals surface area contributed by atoms with E-state index in [0.29, 0.717) is 6.42 Å². The van der Waals surface area contributed by atoms with E-state index in [0.717, 1.165) is 73.3 Å². The van der Waals surface area contributed by atoms with Gasteiger partial charge in [0.15, 0.2) is 5.82 Å². The Labute approximate surface area is 240 Å². The summed E-state index contributed by atoms with van der Waals surface area (Å²) >= 11 is 0. The number of fused-ring (bicyclic) bond motifs is 1. The molecule has 1 amide bonds. The molecule has 1 aliphatic heterocycles. The highest BCUT2D eigenvalue weighted by Gasteiger charge is 2.29. The summed E-state index contributed by atoms with van der Waals surface area (Å²) in [6.07, 6.45) is 6.83. The van der Waals surface area contributed by atoms with Gasteiger partial charge in [-0.1, -0.05) is 78.9 Å². The Morgan fingerprint density at radius 3 is 2.37 bits per heavy atom. The maximum Gasteiger partial charge on any atom is 0.237 e. The third-order valence-electron chi connectivity index (χ3n) is 8.06. The van der Waals surface area contributed by atoms with E-state index < -0.39 is 0 Å². The number of hydrogen-bond acceptors (Lipinski definition) is 5. The number of nitrogens with one attached hydrogen (secondary N) is 2. The topological polar surface area (TPSA) is 103 Å². The molecule has 0 radical (unpaired) electrons. The van der Waals surface area contributed by atoms with Crippen LogP contribution in [0.2, 0.25) is 0 Å². The molecule has 3 aromatic carbocycles. The molecule has 2 atom stereocenters. The fourth-order valence-electron chi connectivity index (χ4n) is 5.87. The Hall–Kier alpha value is -4.43. The third-order valence-corrected chi connectivity index (χ3v) is 8.06. The van der Waals surface area contributed by atoms with E-state index in [2.05, 4.69) is 69.8 Å². The Balaban J connectivity index is 1.35. The summed E-state index contributed by atoms with van der Waals surface area (Å²) in [5, 5.41) is 17.2. The van der Waals surface area contributed by atoms with Gasteiger partial charge in [0.05, 0.1) is 17.6 Å². The van der Waals surface area contributed by atoms with Crippen molar-refractivity contribution < 1.29 is 4.79 Å². The molecule has 0 saturated carbocycles. The summed E-state index contributed by atoms with van der Waals surface area (Å²) in [5.41, 5.74) is 4.54. The zero-order chi connectivity index (χ0) is 28.0. The van der Waals surface area contributed by atoms with Crippen LogP contribution in [0, 0.1) is 0 Å². The number of carbonyl (C=O) groups excluding carboxylic acids is 1. The van der Waals surface area contributed by atoms with Gasteiger partial charge in [-0.15, -0.1) is 10.2 Å². The number of para-hydroxylation sites is 1. The van der Waals surface area contributed by atoms with Crippen LogP contribution in [0.25, 0.3) is 10.9 Å².